The van der Waals surface area contributed by atoms with Crippen LogP contribution in [0.15, 0.2) is 70.3 Å². The molecule has 7 heteroatoms. The van der Waals surface area contributed by atoms with Crippen molar-refractivity contribution in [1.82, 2.24) is 14.9 Å². The third kappa shape index (κ3) is 2.73. The van der Waals surface area contributed by atoms with Crippen LogP contribution in [-0.2, 0) is 6.42 Å². The molecule has 1 N–H and O–H groups in total. The van der Waals surface area contributed by atoms with Crippen molar-refractivity contribution in [3.63, 3.8) is 0 Å². The van der Waals surface area contributed by atoms with Crippen LogP contribution in [0.5, 0.6) is 0 Å². The quantitative estimate of drug-likeness (QED) is 0.596. The summed E-state index contributed by atoms with van der Waals surface area (Å²) >= 11 is 0. The van der Waals surface area contributed by atoms with Crippen LogP contribution in [0.25, 0.3) is 11.1 Å². The summed E-state index contributed by atoms with van der Waals surface area (Å²) in [5, 5.41) is 10.9. The van der Waals surface area contributed by atoms with Gasteiger partial charge in [0.05, 0.1) is 18.5 Å². The minimum atomic E-state index is -0.392. The van der Waals surface area contributed by atoms with E-state index in [4.69, 9.17) is 8.94 Å². The van der Waals surface area contributed by atoms with E-state index >= 15 is 0 Å². The Bertz CT molecular complexity index is 1090. The number of carbonyl (C=O) groups excluding carboxylic acids is 1. The minimum absolute atomic E-state index is 0.190. The van der Waals surface area contributed by atoms with Crippen LogP contribution < -0.4 is 5.32 Å². The van der Waals surface area contributed by atoms with Crippen molar-refractivity contribution in [2.45, 2.75) is 18.9 Å². The lowest BCUT2D eigenvalue weighted by Crippen LogP contribution is -2.12. The Hall–Kier alpha value is -3.61. The Balaban J connectivity index is 1.41. The highest BCUT2D eigenvalue weighted by molar-refractivity contribution is 6.03. The van der Waals surface area contributed by atoms with Gasteiger partial charge in [-0.3, -0.25) is 14.8 Å². The van der Waals surface area contributed by atoms with Gasteiger partial charge in [0.25, 0.3) is 5.91 Å². The zero-order valence-corrected chi connectivity index (χ0v) is 14.3. The van der Waals surface area contributed by atoms with E-state index in [0.29, 0.717) is 5.88 Å². The number of hydrogen-bond donors (Lipinski definition) is 1. The second-order valence-corrected chi connectivity index (χ2v) is 6.46. The van der Waals surface area contributed by atoms with Crippen molar-refractivity contribution >= 4 is 11.8 Å². The van der Waals surface area contributed by atoms with Gasteiger partial charge in [0.1, 0.15) is 6.26 Å². The first-order chi connectivity index (χ1) is 13.3. The molecule has 1 aliphatic rings. The first kappa shape index (κ1) is 15.6. The Morgan fingerprint density at radius 1 is 1.19 bits per heavy atom. The SMILES string of the molecule is O=C(Nc1occc1-c1cnn([C@H]2CCc3ccccc32)c1)c1ccon1. The molecule has 1 atom stereocenters. The molecule has 0 aliphatic heterocycles. The summed E-state index contributed by atoms with van der Waals surface area (Å²) in [6, 6.07) is 12.0. The zero-order chi connectivity index (χ0) is 18.2. The molecule has 7 nitrogen and oxygen atoms in total. The molecule has 3 heterocycles. The molecule has 3 aromatic heterocycles. The van der Waals surface area contributed by atoms with E-state index in [1.54, 1.807) is 6.20 Å². The molecule has 0 saturated carbocycles. The van der Waals surface area contributed by atoms with Crippen LogP contribution in [0.3, 0.4) is 0 Å². The monoisotopic (exact) mass is 360 g/mol. The number of benzene rings is 1. The molecular formula is C20H16N4O3. The summed E-state index contributed by atoms with van der Waals surface area (Å²) in [6.07, 6.45) is 8.75. The Labute approximate surface area is 154 Å². The van der Waals surface area contributed by atoms with Gasteiger partial charge in [0, 0.05) is 23.4 Å². The van der Waals surface area contributed by atoms with Crippen molar-refractivity contribution in [3.05, 3.63) is 78.1 Å². The van der Waals surface area contributed by atoms with E-state index in [0.717, 1.165) is 24.0 Å². The Morgan fingerprint density at radius 2 is 2.11 bits per heavy atom. The molecule has 27 heavy (non-hydrogen) atoms. The molecule has 0 radical (unpaired) electrons. The average molecular weight is 360 g/mol. The van der Waals surface area contributed by atoms with Crippen molar-refractivity contribution in [1.29, 1.82) is 0 Å². The number of amides is 1. The highest BCUT2D eigenvalue weighted by Gasteiger charge is 2.25. The maximum atomic E-state index is 12.2. The molecule has 0 saturated heterocycles. The Morgan fingerprint density at radius 3 is 3.00 bits per heavy atom. The summed E-state index contributed by atoms with van der Waals surface area (Å²) < 4.78 is 12.1. The third-order valence-electron chi connectivity index (χ3n) is 4.90. The highest BCUT2D eigenvalue weighted by atomic mass is 16.5. The molecular weight excluding hydrogens is 344 g/mol. The standard InChI is InChI=1S/C20H16N4O3/c25-19(17-8-10-27-23-17)22-20-16(7-9-26-20)14-11-21-24(12-14)18-6-5-13-3-1-2-4-15(13)18/h1-4,7-12,18H,5-6H2,(H,22,25)/t18-/m0/s1. The number of carbonyl (C=O) groups is 1. The predicted molar refractivity (Wildman–Crippen MR) is 97.3 cm³/mol. The van der Waals surface area contributed by atoms with Gasteiger partial charge in [-0.2, -0.15) is 5.10 Å². The highest BCUT2D eigenvalue weighted by Crippen LogP contribution is 2.36. The summed E-state index contributed by atoms with van der Waals surface area (Å²) in [5.74, 6) is -0.0357. The van der Waals surface area contributed by atoms with Gasteiger partial charge >= 0.3 is 0 Å². The van der Waals surface area contributed by atoms with E-state index in [2.05, 4.69) is 39.8 Å². The summed E-state index contributed by atoms with van der Waals surface area (Å²) in [4.78, 5) is 12.2. The summed E-state index contributed by atoms with van der Waals surface area (Å²) in [5.41, 5.74) is 4.53. The number of fused-ring (bicyclic) bond motifs is 1. The first-order valence-corrected chi connectivity index (χ1v) is 8.71. The van der Waals surface area contributed by atoms with Crippen LogP contribution in [0.1, 0.15) is 34.1 Å². The molecule has 0 spiro atoms. The number of aromatic nitrogens is 3. The van der Waals surface area contributed by atoms with Crippen LogP contribution in [-0.4, -0.2) is 20.8 Å². The lowest BCUT2D eigenvalue weighted by molar-refractivity contribution is 0.101. The van der Waals surface area contributed by atoms with Crippen LogP contribution in [0.4, 0.5) is 5.88 Å². The number of anilines is 1. The summed E-state index contributed by atoms with van der Waals surface area (Å²) in [7, 11) is 0. The summed E-state index contributed by atoms with van der Waals surface area (Å²) in [6.45, 7) is 0. The fourth-order valence-corrected chi connectivity index (χ4v) is 3.59. The van der Waals surface area contributed by atoms with Gasteiger partial charge in [-0.05, 0) is 30.0 Å². The minimum Gasteiger partial charge on any atom is -0.448 e. The first-order valence-electron chi connectivity index (χ1n) is 8.71. The molecule has 5 rings (SSSR count). The molecule has 1 amide bonds. The number of nitrogens with one attached hydrogen (secondary N) is 1. The van der Waals surface area contributed by atoms with Crippen molar-refractivity contribution in [2.75, 3.05) is 5.32 Å². The smallest absolute Gasteiger partial charge is 0.280 e. The maximum absolute atomic E-state index is 12.2. The van der Waals surface area contributed by atoms with Crippen LogP contribution in [0, 0.1) is 0 Å². The number of hydrogen-bond acceptors (Lipinski definition) is 5. The molecule has 1 aromatic carbocycles. The second-order valence-electron chi connectivity index (χ2n) is 6.46. The largest absolute Gasteiger partial charge is 0.448 e. The predicted octanol–water partition coefficient (Wildman–Crippen LogP) is 3.92. The normalized spacial score (nSPS) is 15.6. The molecule has 4 aromatic rings. The van der Waals surface area contributed by atoms with Gasteiger partial charge in [0.15, 0.2) is 5.69 Å². The van der Waals surface area contributed by atoms with Gasteiger partial charge in [0.2, 0.25) is 5.88 Å². The lowest BCUT2D eigenvalue weighted by Gasteiger charge is -2.11. The van der Waals surface area contributed by atoms with Crippen molar-refractivity contribution < 1.29 is 13.7 Å². The average Bonchev–Trinajstić information content (AvgIpc) is 3.46. The fourth-order valence-electron chi connectivity index (χ4n) is 3.59. The fraction of sp³-hybridized carbons (Fsp3) is 0.150. The Kier molecular flexibility index (Phi) is 3.64. The van der Waals surface area contributed by atoms with E-state index < -0.39 is 5.91 Å². The van der Waals surface area contributed by atoms with Gasteiger partial charge < -0.3 is 8.94 Å². The van der Waals surface area contributed by atoms with E-state index in [9.17, 15) is 4.79 Å². The van der Waals surface area contributed by atoms with Gasteiger partial charge in [-0.1, -0.05) is 29.4 Å². The van der Waals surface area contributed by atoms with Gasteiger partial charge in [-0.25, -0.2) is 0 Å². The van der Waals surface area contributed by atoms with E-state index in [1.165, 1.54) is 29.7 Å². The number of rotatable bonds is 4. The third-order valence-corrected chi connectivity index (χ3v) is 4.90. The second kappa shape index (κ2) is 6.28. The molecule has 0 unspecified atom stereocenters. The van der Waals surface area contributed by atoms with E-state index in [1.807, 2.05) is 16.9 Å². The van der Waals surface area contributed by atoms with E-state index in [-0.39, 0.29) is 11.7 Å². The zero-order valence-electron chi connectivity index (χ0n) is 14.3. The molecule has 1 aliphatic carbocycles. The number of aryl methyl sites for hydroxylation is 1. The lowest BCUT2D eigenvalue weighted by atomic mass is 10.1. The van der Waals surface area contributed by atoms with Gasteiger partial charge in [-0.15, -0.1) is 0 Å². The van der Waals surface area contributed by atoms with Crippen LogP contribution in [0.2, 0.25) is 0 Å². The molecule has 134 valence electrons. The number of nitrogens with zero attached hydrogens (tertiary/aromatic N) is 3. The molecule has 0 fully saturated rings. The van der Waals surface area contributed by atoms with Crippen molar-refractivity contribution in [2.24, 2.45) is 0 Å². The van der Waals surface area contributed by atoms with Crippen LogP contribution >= 0.6 is 0 Å². The maximum Gasteiger partial charge on any atom is 0.280 e. The number of furan rings is 1. The topological polar surface area (TPSA) is 86.1 Å². The van der Waals surface area contributed by atoms with Crippen molar-refractivity contribution in [3.8, 4) is 11.1 Å². The molecule has 0 bridgehead atoms.